The summed E-state index contributed by atoms with van der Waals surface area (Å²) in [5.74, 6) is -2.98. The van der Waals surface area contributed by atoms with Crippen molar-refractivity contribution in [3.8, 4) is 0 Å². The Hall–Kier alpha value is -2.52. The van der Waals surface area contributed by atoms with Crippen LogP contribution in [0.3, 0.4) is 0 Å². The van der Waals surface area contributed by atoms with Crippen LogP contribution in [0.4, 0.5) is 0 Å². The maximum atomic E-state index is 11.8. The van der Waals surface area contributed by atoms with Crippen molar-refractivity contribution in [3.63, 3.8) is 0 Å². The summed E-state index contributed by atoms with van der Waals surface area (Å²) in [5, 5.41) is 3.62. The first kappa shape index (κ1) is 39.9. The zero-order valence-corrected chi connectivity index (χ0v) is 32.3. The zero-order chi connectivity index (χ0) is 39.6. The van der Waals surface area contributed by atoms with Gasteiger partial charge in [0.2, 0.25) is 0 Å². The zero-order valence-electron chi connectivity index (χ0n) is 32.8. The first-order valence-corrected chi connectivity index (χ1v) is 16.7. The number of hydrogen-bond acceptors (Lipinski definition) is 8. The van der Waals surface area contributed by atoms with Crippen LogP contribution in [0, 0.1) is 41.5 Å². The van der Waals surface area contributed by atoms with Crippen LogP contribution < -0.4 is 27.6 Å². The molecular formula is C34H54Br2N2O8P2. The highest BCUT2D eigenvalue weighted by Gasteiger charge is 2.34. The number of alkyl halides is 1. The van der Waals surface area contributed by atoms with Crippen molar-refractivity contribution in [3.05, 3.63) is 57.6 Å². The van der Waals surface area contributed by atoms with Gasteiger partial charge in [0.15, 0.2) is 6.16 Å². The van der Waals surface area contributed by atoms with Gasteiger partial charge < -0.3 is 26.7 Å². The van der Waals surface area contributed by atoms with Crippen LogP contribution in [0.5, 0.6) is 0 Å². The molecule has 4 rings (SSSR count). The van der Waals surface area contributed by atoms with Crippen molar-refractivity contribution in [2.45, 2.75) is 96.8 Å². The molecule has 0 saturated carbocycles. The highest BCUT2D eigenvalue weighted by atomic mass is 79.9. The minimum Gasteiger partial charge on any atom is -1.00 e. The molecule has 2 aliphatic rings. The number of amides is 4. The molecule has 2 aromatic rings. The fourth-order valence-corrected chi connectivity index (χ4v) is 6.00. The van der Waals surface area contributed by atoms with E-state index in [-0.39, 0.29) is 77.6 Å². The summed E-state index contributed by atoms with van der Waals surface area (Å²) < 4.78 is 35.5. The fourth-order valence-electron chi connectivity index (χ4n) is 4.47. The quantitative estimate of drug-likeness (QED) is 0.188. The summed E-state index contributed by atoms with van der Waals surface area (Å²) in [4.78, 5) is 76.2. The van der Waals surface area contributed by atoms with Gasteiger partial charge in [0.25, 0.3) is 23.6 Å². The fraction of sp³-hybridized carbons (Fsp3) is 0.471. The maximum absolute atomic E-state index is 11.8. The predicted molar refractivity (Wildman–Crippen MR) is 200 cm³/mol. The first-order chi connectivity index (χ1) is 23.6. The van der Waals surface area contributed by atoms with Gasteiger partial charge in [-0.2, -0.15) is 0 Å². The summed E-state index contributed by atoms with van der Waals surface area (Å²) in [6.45, 7) is 12.5. The van der Waals surface area contributed by atoms with Crippen LogP contribution >= 0.6 is 33.8 Å². The minimum atomic E-state index is -1.42. The smallest absolute Gasteiger partial charge is 0.369 e. The van der Waals surface area contributed by atoms with Crippen molar-refractivity contribution in [2.24, 2.45) is 0 Å². The van der Waals surface area contributed by atoms with Crippen molar-refractivity contribution in [1.29, 1.82) is 0 Å². The number of benzene rings is 2. The average molecular weight is 849 g/mol. The van der Waals surface area contributed by atoms with Crippen molar-refractivity contribution in [2.75, 3.05) is 11.5 Å². The number of hydrogen-bond donors (Lipinski definition) is 0. The lowest BCUT2D eigenvalue weighted by atomic mass is 10.1. The standard InChI is InChI=1S/C15H18NO4P.C9H13P.C6H6BrNO4.4CH4.BrH/c1-9-6-10(2)15(11(3)7-9)21-8-14(19)20-16-12(17)4-5-13(16)18;1-6-4-7(2)9(10)8(3)5-6;7-3-6(11)12-8-4(9)1-2-5(8)10;;;;;/h6-7,21H,4-5,8H2,1-3H3;4-5H,10H2,1-3H3;1-3H2;4*1H4;1H/i;;;1+1D3;1+1;1+0D3;1+0;. The molecule has 272 valence electrons. The van der Waals surface area contributed by atoms with E-state index in [9.17, 15) is 28.8 Å². The van der Waals surface area contributed by atoms with E-state index in [2.05, 4.69) is 75.0 Å². The molecule has 0 bridgehead atoms. The van der Waals surface area contributed by atoms with Gasteiger partial charge in [-0.05, 0) is 69.1 Å². The van der Waals surface area contributed by atoms with E-state index >= 15 is 0 Å². The molecule has 0 spiro atoms. The van der Waals surface area contributed by atoms with Gasteiger partial charge in [0.1, 0.15) is 5.33 Å². The molecule has 0 N–H and O–H groups in total. The summed E-state index contributed by atoms with van der Waals surface area (Å²) in [7, 11) is -0.349. The van der Waals surface area contributed by atoms with Gasteiger partial charge in [-0.1, -0.05) is 80.9 Å². The van der Waals surface area contributed by atoms with E-state index < -0.39 is 50.3 Å². The Bertz CT molecular complexity index is 1470. The van der Waals surface area contributed by atoms with E-state index in [1.165, 1.54) is 44.0 Å². The Morgan fingerprint density at radius 1 is 0.729 bits per heavy atom. The van der Waals surface area contributed by atoms with Gasteiger partial charge in [-0.15, -0.1) is 19.4 Å². The van der Waals surface area contributed by atoms with E-state index in [1.54, 1.807) is 0 Å². The van der Waals surface area contributed by atoms with Crippen molar-refractivity contribution >= 4 is 79.9 Å². The summed E-state index contributed by atoms with van der Waals surface area (Å²) in [6.07, 6.45) is 0.703. The summed E-state index contributed by atoms with van der Waals surface area (Å²) >= 11 is 2.84. The van der Waals surface area contributed by atoms with Gasteiger partial charge in [0.05, 0.1) is 5.30 Å². The third-order valence-electron chi connectivity index (χ3n) is 6.46. The Kier molecular flexibility index (Phi) is 20.4. The van der Waals surface area contributed by atoms with Crippen molar-refractivity contribution < 1.29 is 63.6 Å². The molecule has 2 atom stereocenters. The molecule has 48 heavy (non-hydrogen) atoms. The molecule has 2 saturated heterocycles. The number of aryl methyl sites for hydroxylation is 6. The number of carbonyl (C=O) groups excluding carboxylic acids is 6. The Morgan fingerprint density at radius 3 is 1.38 bits per heavy atom. The van der Waals surface area contributed by atoms with E-state index in [1.807, 2.05) is 20.8 Å². The molecule has 2 fully saturated rings. The van der Waals surface area contributed by atoms with E-state index in [4.69, 9.17) is 13.1 Å². The van der Waals surface area contributed by atoms with Gasteiger partial charge in [0, 0.05) is 42.5 Å². The lowest BCUT2D eigenvalue weighted by Crippen LogP contribution is -3.00. The first-order valence-electron chi connectivity index (χ1n) is 17.0. The molecular weight excluding hydrogens is 788 g/mol. The Labute approximate surface area is 318 Å². The molecule has 0 radical (unpaired) electrons. The molecule has 2 unspecified atom stereocenters. The molecule has 2 aliphatic heterocycles. The molecule has 4 amide bonds. The van der Waals surface area contributed by atoms with Gasteiger partial charge in [-0.3, -0.25) is 19.2 Å². The number of carbonyl (C=O) groups is 6. The molecule has 10 nitrogen and oxygen atoms in total. The summed E-state index contributed by atoms with van der Waals surface area (Å²) in [5.41, 5.74) is 7.61. The van der Waals surface area contributed by atoms with Crippen LogP contribution in [-0.4, -0.2) is 57.2 Å². The SMILES string of the molecule is Cc1cc(C)c(P)c(C)c1.Cc1cc(C)c([PH2+]CC(=O)ON2C(=O)CCC2=O)c(C)c1.O=C(CBr)ON1C(=O)CCC1=O.[12CH4].[13CH4].[2H][12CH]([2H])[2H].[2H][13CH]([2H])[2H].[Br-]. The molecule has 0 aliphatic carbocycles. The van der Waals surface area contributed by atoms with Gasteiger partial charge >= 0.3 is 11.9 Å². The molecule has 2 aromatic carbocycles. The number of rotatable bonds is 6. The number of imide groups is 2. The summed E-state index contributed by atoms with van der Waals surface area (Å²) in [6, 6.07) is 8.59. The average Bonchev–Trinajstić information content (AvgIpc) is 3.49. The predicted octanol–water partition coefficient (Wildman–Crippen LogP) is 2.90. The third-order valence-corrected chi connectivity index (χ3v) is 9.68. The highest BCUT2D eigenvalue weighted by molar-refractivity contribution is 9.09. The van der Waals surface area contributed by atoms with Crippen LogP contribution in [0.1, 0.15) is 96.9 Å². The number of halogens is 2. The second kappa shape index (κ2) is 24.6. The molecule has 2 heterocycles. The molecule has 14 heteroatoms. The third kappa shape index (κ3) is 15.8. The number of nitrogens with zero attached hydrogens (tertiary/aromatic N) is 2. The lowest BCUT2D eigenvalue weighted by Gasteiger charge is -2.11. The van der Waals surface area contributed by atoms with E-state index in [0.29, 0.717) is 10.1 Å². The maximum Gasteiger partial charge on any atom is 0.369 e. The van der Waals surface area contributed by atoms with Crippen LogP contribution in [0.15, 0.2) is 24.3 Å². The lowest BCUT2D eigenvalue weighted by molar-refractivity contribution is -0.195. The second-order valence-corrected chi connectivity index (χ2v) is 12.8. The monoisotopic (exact) mass is 846 g/mol. The largest absolute Gasteiger partial charge is 1.00 e. The van der Waals surface area contributed by atoms with Crippen LogP contribution in [0.2, 0.25) is 0 Å². The molecule has 0 aromatic heterocycles. The van der Waals surface area contributed by atoms with Crippen LogP contribution in [-0.2, 0) is 38.4 Å². The second-order valence-electron chi connectivity index (χ2n) is 10.3. The van der Waals surface area contributed by atoms with Crippen LogP contribution in [0.25, 0.3) is 0 Å². The normalized spacial score (nSPS) is 14.6. The Morgan fingerprint density at radius 2 is 1.04 bits per heavy atom. The van der Waals surface area contributed by atoms with E-state index in [0.717, 1.165) is 0 Å². The number of hydroxylamine groups is 4. The topological polar surface area (TPSA) is 127 Å². The minimum absolute atomic E-state index is 0. The highest BCUT2D eigenvalue weighted by Crippen LogP contribution is 2.20. The Balaban J connectivity index is -0.000000325. The van der Waals surface area contributed by atoms with Crippen molar-refractivity contribution in [1.82, 2.24) is 10.1 Å². The van der Waals surface area contributed by atoms with Gasteiger partial charge in [-0.25, -0.2) is 9.59 Å².